The molecule has 2 saturated heterocycles. The summed E-state index contributed by atoms with van der Waals surface area (Å²) in [5.74, 6) is 2.26. The molecule has 18 heavy (non-hydrogen) atoms. The second-order valence-electron chi connectivity index (χ2n) is 4.90. The van der Waals surface area contributed by atoms with Gasteiger partial charge >= 0.3 is 0 Å². The number of rotatable bonds is 5. The van der Waals surface area contributed by atoms with Crippen LogP contribution in [0.3, 0.4) is 0 Å². The van der Waals surface area contributed by atoms with E-state index in [2.05, 4.69) is 10.6 Å². The Labute approximate surface area is 112 Å². The third-order valence-corrected chi connectivity index (χ3v) is 4.67. The second kappa shape index (κ2) is 6.75. The Balaban J connectivity index is 1.70. The number of hydrogen-bond donors (Lipinski definition) is 2. The molecule has 2 aliphatic heterocycles. The van der Waals surface area contributed by atoms with Crippen LogP contribution in [0.25, 0.3) is 0 Å². The van der Waals surface area contributed by atoms with Crippen LogP contribution in [0.4, 0.5) is 0 Å². The molecule has 0 spiro atoms. The van der Waals surface area contributed by atoms with Crippen molar-refractivity contribution in [1.29, 1.82) is 0 Å². The smallest absolute Gasteiger partial charge is 0.221 e. The van der Waals surface area contributed by atoms with Crippen molar-refractivity contribution in [3.05, 3.63) is 0 Å². The summed E-state index contributed by atoms with van der Waals surface area (Å²) >= 11 is 1.90. The van der Waals surface area contributed by atoms with Gasteiger partial charge in [-0.05, 0) is 0 Å². The van der Waals surface area contributed by atoms with E-state index in [0.29, 0.717) is 32.2 Å². The van der Waals surface area contributed by atoms with Gasteiger partial charge in [-0.1, -0.05) is 0 Å². The van der Waals surface area contributed by atoms with Crippen molar-refractivity contribution in [3.8, 4) is 0 Å². The SMILES string of the molecule is COC1(CNC(=O)CC2CSCCN2)CCOC1. The van der Waals surface area contributed by atoms with E-state index in [-0.39, 0.29) is 11.5 Å². The molecule has 2 N–H and O–H groups in total. The third kappa shape index (κ3) is 3.85. The molecule has 2 rings (SSSR count). The van der Waals surface area contributed by atoms with Crippen LogP contribution in [0, 0.1) is 0 Å². The van der Waals surface area contributed by atoms with Gasteiger partial charge in [-0.25, -0.2) is 0 Å². The van der Waals surface area contributed by atoms with Gasteiger partial charge in [0.2, 0.25) is 5.91 Å². The molecule has 2 atom stereocenters. The van der Waals surface area contributed by atoms with Crippen LogP contribution in [0.15, 0.2) is 0 Å². The molecule has 2 heterocycles. The fourth-order valence-electron chi connectivity index (χ4n) is 2.27. The minimum atomic E-state index is -0.315. The normalized spacial score (nSPS) is 32.4. The summed E-state index contributed by atoms with van der Waals surface area (Å²) in [5.41, 5.74) is -0.315. The van der Waals surface area contributed by atoms with Crippen LogP contribution in [0.1, 0.15) is 12.8 Å². The number of nitrogens with one attached hydrogen (secondary N) is 2. The minimum Gasteiger partial charge on any atom is -0.378 e. The predicted molar refractivity (Wildman–Crippen MR) is 71.9 cm³/mol. The Morgan fingerprint density at radius 3 is 3.17 bits per heavy atom. The van der Waals surface area contributed by atoms with Crippen molar-refractivity contribution in [2.75, 3.05) is 44.9 Å². The average molecular weight is 274 g/mol. The maximum Gasteiger partial charge on any atom is 0.221 e. The monoisotopic (exact) mass is 274 g/mol. The van der Waals surface area contributed by atoms with Gasteiger partial charge in [0.05, 0.1) is 6.61 Å². The zero-order chi connectivity index (χ0) is 12.8. The Hall–Kier alpha value is -0.300. The molecular weight excluding hydrogens is 252 g/mol. The van der Waals surface area contributed by atoms with E-state index >= 15 is 0 Å². The van der Waals surface area contributed by atoms with E-state index in [0.717, 1.165) is 24.5 Å². The van der Waals surface area contributed by atoms with Crippen LogP contribution in [0.5, 0.6) is 0 Å². The molecule has 0 saturated carbocycles. The van der Waals surface area contributed by atoms with E-state index in [1.807, 2.05) is 11.8 Å². The summed E-state index contributed by atoms with van der Waals surface area (Å²) in [7, 11) is 1.68. The zero-order valence-electron chi connectivity index (χ0n) is 10.9. The zero-order valence-corrected chi connectivity index (χ0v) is 11.7. The second-order valence-corrected chi connectivity index (χ2v) is 6.05. The first kappa shape index (κ1) is 14.1. The molecule has 0 aliphatic carbocycles. The lowest BCUT2D eigenvalue weighted by Crippen LogP contribution is -2.47. The van der Waals surface area contributed by atoms with Crippen molar-refractivity contribution in [1.82, 2.24) is 10.6 Å². The molecule has 0 bridgehead atoms. The molecule has 2 fully saturated rings. The van der Waals surface area contributed by atoms with Crippen molar-refractivity contribution in [3.63, 3.8) is 0 Å². The van der Waals surface area contributed by atoms with E-state index in [9.17, 15) is 4.79 Å². The van der Waals surface area contributed by atoms with Crippen LogP contribution < -0.4 is 10.6 Å². The lowest BCUT2D eigenvalue weighted by Gasteiger charge is -2.27. The Morgan fingerprint density at radius 1 is 1.67 bits per heavy atom. The topological polar surface area (TPSA) is 59.6 Å². The van der Waals surface area contributed by atoms with Gasteiger partial charge in [-0.15, -0.1) is 0 Å². The summed E-state index contributed by atoms with van der Waals surface area (Å²) < 4.78 is 10.8. The maximum atomic E-state index is 11.9. The Morgan fingerprint density at radius 2 is 2.56 bits per heavy atom. The molecular formula is C12H22N2O3S. The van der Waals surface area contributed by atoms with Crippen molar-refractivity contribution in [2.24, 2.45) is 0 Å². The van der Waals surface area contributed by atoms with Gasteiger partial charge in [-0.2, -0.15) is 11.8 Å². The first-order valence-electron chi connectivity index (χ1n) is 6.45. The fraction of sp³-hybridized carbons (Fsp3) is 0.917. The van der Waals surface area contributed by atoms with E-state index in [1.165, 1.54) is 0 Å². The van der Waals surface area contributed by atoms with Crippen LogP contribution in [0.2, 0.25) is 0 Å². The average Bonchev–Trinajstić information content (AvgIpc) is 2.87. The number of thioether (sulfide) groups is 1. The van der Waals surface area contributed by atoms with Gasteiger partial charge in [0.15, 0.2) is 0 Å². The van der Waals surface area contributed by atoms with E-state index in [4.69, 9.17) is 9.47 Å². The number of carbonyl (C=O) groups is 1. The summed E-state index contributed by atoms with van der Waals surface area (Å²) in [5, 5.41) is 6.33. The lowest BCUT2D eigenvalue weighted by molar-refractivity contribution is -0.123. The first-order chi connectivity index (χ1) is 8.74. The molecule has 0 aromatic carbocycles. The largest absolute Gasteiger partial charge is 0.378 e. The predicted octanol–water partition coefficient (Wildman–Crippen LogP) is 0.00320. The number of amides is 1. The number of hydrogen-bond acceptors (Lipinski definition) is 5. The van der Waals surface area contributed by atoms with Crippen molar-refractivity contribution >= 4 is 17.7 Å². The quantitative estimate of drug-likeness (QED) is 0.739. The van der Waals surface area contributed by atoms with Crippen LogP contribution in [-0.4, -0.2) is 62.5 Å². The highest BCUT2D eigenvalue weighted by Crippen LogP contribution is 2.21. The number of ether oxygens (including phenoxy) is 2. The van der Waals surface area contributed by atoms with Crippen LogP contribution in [-0.2, 0) is 14.3 Å². The first-order valence-corrected chi connectivity index (χ1v) is 7.60. The molecule has 2 unspecified atom stereocenters. The van der Waals surface area contributed by atoms with Gasteiger partial charge < -0.3 is 20.1 Å². The summed E-state index contributed by atoms with van der Waals surface area (Å²) in [6.45, 7) is 2.83. The number of methoxy groups -OCH3 is 1. The molecule has 0 aromatic rings. The third-order valence-electron chi connectivity index (χ3n) is 3.54. The summed E-state index contributed by atoms with van der Waals surface area (Å²) in [6.07, 6.45) is 1.40. The molecule has 0 radical (unpaired) electrons. The Bertz CT molecular complexity index is 276. The minimum absolute atomic E-state index is 0.0957. The maximum absolute atomic E-state index is 11.9. The molecule has 104 valence electrons. The van der Waals surface area contributed by atoms with Crippen LogP contribution >= 0.6 is 11.8 Å². The highest BCUT2D eigenvalue weighted by atomic mass is 32.2. The highest BCUT2D eigenvalue weighted by molar-refractivity contribution is 7.99. The number of carbonyl (C=O) groups excluding carboxylic acids is 1. The molecule has 5 nitrogen and oxygen atoms in total. The van der Waals surface area contributed by atoms with Gasteiger partial charge in [-0.3, -0.25) is 4.79 Å². The summed E-state index contributed by atoms with van der Waals surface area (Å²) in [6, 6.07) is 0.307. The van der Waals surface area contributed by atoms with Gasteiger partial charge in [0.25, 0.3) is 0 Å². The molecule has 6 heteroatoms. The Kier molecular flexibility index (Phi) is 5.29. The van der Waals surface area contributed by atoms with Gasteiger partial charge in [0, 0.05) is 57.2 Å². The van der Waals surface area contributed by atoms with Crippen molar-refractivity contribution < 1.29 is 14.3 Å². The van der Waals surface area contributed by atoms with Crippen molar-refractivity contribution in [2.45, 2.75) is 24.5 Å². The molecule has 1 amide bonds. The standard InChI is InChI=1S/C12H22N2O3S/c1-16-12(2-4-17-9-12)8-14-11(15)6-10-7-18-5-3-13-10/h10,13H,2-9H2,1H3,(H,14,15). The molecule has 2 aliphatic rings. The van der Waals surface area contributed by atoms with E-state index in [1.54, 1.807) is 7.11 Å². The van der Waals surface area contributed by atoms with Gasteiger partial charge in [0.1, 0.15) is 5.60 Å². The highest BCUT2D eigenvalue weighted by Gasteiger charge is 2.35. The summed E-state index contributed by atoms with van der Waals surface area (Å²) in [4.78, 5) is 11.9. The van der Waals surface area contributed by atoms with E-state index < -0.39 is 0 Å². The molecule has 0 aromatic heterocycles. The fourth-order valence-corrected chi connectivity index (χ4v) is 3.22. The lowest BCUT2D eigenvalue weighted by atomic mass is 10.0.